The first-order valence-corrected chi connectivity index (χ1v) is 7.13. The van der Waals surface area contributed by atoms with Gasteiger partial charge in [0, 0.05) is 16.7 Å². The van der Waals surface area contributed by atoms with Crippen molar-refractivity contribution in [2.75, 3.05) is 0 Å². The van der Waals surface area contributed by atoms with Gasteiger partial charge in [-0.3, -0.25) is 4.99 Å². The molecule has 0 aromatic rings. The number of aliphatic imine (C=N–C) groups is 1. The predicted octanol–water partition coefficient (Wildman–Crippen LogP) is 5.93. The zero-order valence-corrected chi connectivity index (χ0v) is 13.1. The number of nitrogens with zero attached hydrogens (tertiary/aromatic N) is 1. The minimum absolute atomic E-state index is 0.742. The minimum Gasteiger partial charge on any atom is -0.255 e. The van der Waals surface area contributed by atoms with Crippen molar-refractivity contribution in [2.24, 2.45) is 4.99 Å². The van der Waals surface area contributed by atoms with Gasteiger partial charge in [-0.15, -0.1) is 0 Å². The molecule has 0 atom stereocenters. The third-order valence-electron chi connectivity index (χ3n) is 2.23. The molecule has 0 rings (SSSR count). The van der Waals surface area contributed by atoms with E-state index in [2.05, 4.69) is 44.5 Å². The quantitative estimate of drug-likeness (QED) is 0.359. The smallest absolute Gasteiger partial charge is 0.0835 e. The van der Waals surface area contributed by atoms with Gasteiger partial charge < -0.3 is 0 Å². The molecule has 0 unspecified atom stereocenters. The average molecular weight is 295 g/mol. The van der Waals surface area contributed by atoms with Crippen molar-refractivity contribution in [3.05, 3.63) is 110 Å². The maximum absolute atomic E-state index is 4.46. The Bertz CT molecular complexity index is 554. The maximum atomic E-state index is 4.46. The molecule has 0 amide bonds. The van der Waals surface area contributed by atoms with E-state index in [4.69, 9.17) is 0 Å². The molecule has 0 bridgehead atoms. The molecule has 0 heterocycles. The Labute approximate surface area is 132 Å². The second kappa shape index (κ2) is 11.5. The van der Waals surface area contributed by atoms with E-state index in [1.807, 2.05) is 18.2 Å². The highest BCUT2D eigenvalue weighted by atomic mass is 32.2. The molecule has 0 aromatic heterocycles. The summed E-state index contributed by atoms with van der Waals surface area (Å²) >= 11 is 1.42. The predicted molar refractivity (Wildman–Crippen MR) is 100 cm³/mol. The first kappa shape index (κ1) is 18.7. The molecule has 0 radical (unpaired) electrons. The molecule has 0 fully saturated rings. The third kappa shape index (κ3) is 7.75. The molecule has 0 aliphatic carbocycles. The molecule has 1 nitrogen and oxygen atoms in total. The fraction of sp³-hybridized carbons (Fsp3) is 0. The van der Waals surface area contributed by atoms with E-state index in [1.165, 1.54) is 11.8 Å². The van der Waals surface area contributed by atoms with Crippen LogP contribution in [0.5, 0.6) is 0 Å². The Morgan fingerprint density at radius 2 is 1.67 bits per heavy atom. The van der Waals surface area contributed by atoms with Crippen molar-refractivity contribution >= 4 is 17.5 Å². The SMILES string of the molecule is C=C\C=C/C(=C\C=C)C(=N\C=C/C(=C)C=C)/C(=C)SC=C. The Morgan fingerprint density at radius 3 is 2.19 bits per heavy atom. The second-order valence-corrected chi connectivity index (χ2v) is 4.79. The molecule has 2 heteroatoms. The standard InChI is InChI=1S/C19H21NS/c1-7-11-13-18(12-8-2)19(17(6)21-10-4)20-15-14-16(5)9-3/h7-15H,1-6H2/b13-11-,15-14-,18-12+,20-19-. The van der Waals surface area contributed by atoms with Gasteiger partial charge in [0.2, 0.25) is 0 Å². The van der Waals surface area contributed by atoms with Crippen molar-refractivity contribution < 1.29 is 0 Å². The van der Waals surface area contributed by atoms with Crippen LogP contribution in [0.4, 0.5) is 0 Å². The minimum atomic E-state index is 0.742. The van der Waals surface area contributed by atoms with Crippen LogP contribution in [0.25, 0.3) is 0 Å². The highest BCUT2D eigenvalue weighted by Gasteiger charge is 2.07. The van der Waals surface area contributed by atoms with Gasteiger partial charge in [-0.2, -0.15) is 0 Å². The number of thioether (sulfide) groups is 1. The van der Waals surface area contributed by atoms with Gasteiger partial charge in [-0.05, 0) is 17.1 Å². The Hall–Kier alpha value is -2.32. The summed E-state index contributed by atoms with van der Waals surface area (Å²) in [6, 6.07) is 0. The lowest BCUT2D eigenvalue weighted by molar-refractivity contribution is 1.52. The van der Waals surface area contributed by atoms with Crippen LogP contribution >= 0.6 is 11.8 Å². The summed E-state index contributed by atoms with van der Waals surface area (Å²) in [4.78, 5) is 5.25. The summed E-state index contributed by atoms with van der Waals surface area (Å²) in [6.07, 6.45) is 14.1. The van der Waals surface area contributed by atoms with Crippen molar-refractivity contribution in [1.82, 2.24) is 0 Å². The lowest BCUT2D eigenvalue weighted by Gasteiger charge is -2.07. The largest absolute Gasteiger partial charge is 0.255 e. The number of hydrogen-bond acceptors (Lipinski definition) is 2. The van der Waals surface area contributed by atoms with Crippen LogP contribution in [0.15, 0.2) is 115 Å². The van der Waals surface area contributed by atoms with Gasteiger partial charge in [0.15, 0.2) is 0 Å². The van der Waals surface area contributed by atoms with Crippen molar-refractivity contribution in [3.8, 4) is 0 Å². The molecule has 108 valence electrons. The zero-order chi connectivity index (χ0) is 16.1. The number of allylic oxidation sites excluding steroid dienone is 10. The summed E-state index contributed by atoms with van der Waals surface area (Å²) in [5.41, 5.74) is 2.42. The van der Waals surface area contributed by atoms with E-state index in [-0.39, 0.29) is 0 Å². The van der Waals surface area contributed by atoms with Gasteiger partial charge in [0.25, 0.3) is 0 Å². The van der Waals surface area contributed by atoms with E-state index in [0.29, 0.717) is 0 Å². The van der Waals surface area contributed by atoms with Crippen LogP contribution in [0, 0.1) is 0 Å². The molecule has 0 spiro atoms. The van der Waals surface area contributed by atoms with Gasteiger partial charge in [0.05, 0.1) is 5.71 Å². The topological polar surface area (TPSA) is 12.4 Å². The zero-order valence-electron chi connectivity index (χ0n) is 12.3. The average Bonchev–Trinajstić information content (AvgIpc) is 2.48. The van der Waals surface area contributed by atoms with Crippen LogP contribution in [-0.2, 0) is 0 Å². The molecule has 0 N–H and O–H groups in total. The van der Waals surface area contributed by atoms with Gasteiger partial charge in [-0.1, -0.05) is 87.7 Å². The summed E-state index contributed by atoms with van der Waals surface area (Å²) in [5, 5.41) is 1.72. The van der Waals surface area contributed by atoms with E-state index in [1.54, 1.807) is 35.9 Å². The Morgan fingerprint density at radius 1 is 0.952 bits per heavy atom. The molecule has 0 aliphatic rings. The van der Waals surface area contributed by atoms with E-state index >= 15 is 0 Å². The molecule has 0 aromatic carbocycles. The van der Waals surface area contributed by atoms with Crippen LogP contribution in [-0.4, -0.2) is 5.71 Å². The third-order valence-corrected chi connectivity index (χ3v) is 2.87. The van der Waals surface area contributed by atoms with Crippen molar-refractivity contribution in [2.45, 2.75) is 0 Å². The van der Waals surface area contributed by atoms with Crippen LogP contribution < -0.4 is 0 Å². The molecular formula is C19H21NS. The lowest BCUT2D eigenvalue weighted by Crippen LogP contribution is -2.01. The monoisotopic (exact) mass is 295 g/mol. The van der Waals surface area contributed by atoms with Gasteiger partial charge in [-0.25, -0.2) is 0 Å². The highest BCUT2D eigenvalue weighted by molar-refractivity contribution is 8.06. The fourth-order valence-corrected chi connectivity index (χ4v) is 1.73. The highest BCUT2D eigenvalue weighted by Crippen LogP contribution is 2.21. The summed E-state index contributed by atoms with van der Waals surface area (Å²) < 4.78 is 0. The van der Waals surface area contributed by atoms with E-state index in [0.717, 1.165) is 21.8 Å². The lowest BCUT2D eigenvalue weighted by atomic mass is 10.1. The fourth-order valence-electron chi connectivity index (χ4n) is 1.25. The second-order valence-electron chi connectivity index (χ2n) is 3.73. The molecular weight excluding hydrogens is 274 g/mol. The van der Waals surface area contributed by atoms with Crippen LogP contribution in [0.1, 0.15) is 0 Å². The normalized spacial score (nSPS) is 12.4. The molecule has 0 aliphatic heterocycles. The van der Waals surface area contributed by atoms with Crippen LogP contribution in [0.2, 0.25) is 0 Å². The molecule has 0 saturated carbocycles. The van der Waals surface area contributed by atoms with Crippen molar-refractivity contribution in [3.63, 3.8) is 0 Å². The van der Waals surface area contributed by atoms with Gasteiger partial charge >= 0.3 is 0 Å². The number of rotatable bonds is 10. The van der Waals surface area contributed by atoms with E-state index in [9.17, 15) is 0 Å². The number of hydrogen-bond donors (Lipinski definition) is 0. The molecule has 21 heavy (non-hydrogen) atoms. The Balaban J connectivity index is 5.66. The van der Waals surface area contributed by atoms with Crippen molar-refractivity contribution in [1.29, 1.82) is 0 Å². The van der Waals surface area contributed by atoms with Gasteiger partial charge in [0.1, 0.15) is 0 Å². The summed E-state index contributed by atoms with van der Waals surface area (Å²) in [6.45, 7) is 22.6. The first-order valence-electron chi connectivity index (χ1n) is 6.25. The van der Waals surface area contributed by atoms with E-state index < -0.39 is 0 Å². The summed E-state index contributed by atoms with van der Waals surface area (Å²) in [7, 11) is 0. The maximum Gasteiger partial charge on any atom is 0.0835 e. The molecule has 0 saturated heterocycles. The first-order chi connectivity index (χ1) is 10.1. The Kier molecular flexibility index (Phi) is 10.2. The summed E-state index contributed by atoms with van der Waals surface area (Å²) in [5.74, 6) is 0. The van der Waals surface area contributed by atoms with Crippen LogP contribution in [0.3, 0.4) is 0 Å².